The summed E-state index contributed by atoms with van der Waals surface area (Å²) in [5.41, 5.74) is 0.297. The number of rotatable bonds is 11. The Bertz CT molecular complexity index is 1680. The van der Waals surface area contributed by atoms with E-state index in [0.29, 0.717) is 0 Å². The average molecular weight is 620 g/mol. The molecule has 4 aromatic rings. The summed E-state index contributed by atoms with van der Waals surface area (Å²) in [7, 11) is -4.32. The minimum Gasteiger partial charge on any atom is -0.350 e. The van der Waals surface area contributed by atoms with E-state index < -0.39 is 51.6 Å². The normalized spacial score (nSPS) is 12.3. The van der Waals surface area contributed by atoms with Gasteiger partial charge >= 0.3 is 0 Å². The lowest BCUT2D eigenvalue weighted by molar-refractivity contribution is -0.140. The van der Waals surface area contributed by atoms with Crippen LogP contribution in [0.2, 0.25) is 0 Å². The molecule has 2 amide bonds. The van der Waals surface area contributed by atoms with E-state index in [1.54, 1.807) is 57.2 Å². The molecule has 0 aliphatic heterocycles. The lowest BCUT2D eigenvalue weighted by atomic mass is 10.0. The van der Waals surface area contributed by atoms with Crippen LogP contribution in [0.5, 0.6) is 0 Å². The molecule has 0 aliphatic rings. The summed E-state index contributed by atoms with van der Waals surface area (Å²) in [6, 6.07) is 26.1. The molecule has 0 saturated carbocycles. The van der Waals surface area contributed by atoms with E-state index >= 15 is 0 Å². The third kappa shape index (κ3) is 8.29. The highest BCUT2D eigenvalue weighted by Gasteiger charge is 2.36. The summed E-state index contributed by atoms with van der Waals surface area (Å²) >= 11 is 0. The van der Waals surface area contributed by atoms with Gasteiger partial charge in [0.15, 0.2) is 0 Å². The fourth-order valence-corrected chi connectivity index (χ4v) is 6.11. The van der Waals surface area contributed by atoms with Crippen molar-refractivity contribution in [3.63, 3.8) is 0 Å². The first kappa shape index (κ1) is 32.3. The molecule has 0 fully saturated rings. The fraction of sp³-hybridized carbons (Fsp3) is 0.235. The Kier molecular flexibility index (Phi) is 10.2. The minimum absolute atomic E-state index is 0.0493. The van der Waals surface area contributed by atoms with Gasteiger partial charge in [-0.2, -0.15) is 0 Å². The zero-order valence-corrected chi connectivity index (χ0v) is 25.6. The van der Waals surface area contributed by atoms with Crippen molar-refractivity contribution in [2.75, 3.05) is 10.8 Å². The highest BCUT2D eigenvalue weighted by atomic mass is 32.2. The van der Waals surface area contributed by atoms with Crippen LogP contribution in [0, 0.1) is 11.6 Å². The summed E-state index contributed by atoms with van der Waals surface area (Å²) in [6.45, 7) is 4.37. The van der Waals surface area contributed by atoms with Gasteiger partial charge in [-0.25, -0.2) is 17.2 Å². The SMILES string of the molecule is CC(C)(C)NC(=O)[C@H](Cc1ccccc1)N(Cc1ccccc1F)C(=O)CN(c1ccc(F)cc1)S(=O)(=O)c1ccccc1. The molecule has 10 heteroatoms. The van der Waals surface area contributed by atoms with Crippen molar-refractivity contribution >= 4 is 27.5 Å². The van der Waals surface area contributed by atoms with Gasteiger partial charge in [0.05, 0.1) is 10.6 Å². The quantitative estimate of drug-likeness (QED) is 0.233. The second-order valence-electron chi connectivity index (χ2n) is 11.4. The van der Waals surface area contributed by atoms with E-state index in [4.69, 9.17) is 0 Å². The third-order valence-electron chi connectivity index (χ3n) is 6.79. The molecule has 0 unspecified atom stereocenters. The van der Waals surface area contributed by atoms with Gasteiger partial charge in [0.2, 0.25) is 11.8 Å². The lowest BCUT2D eigenvalue weighted by Gasteiger charge is -2.35. The summed E-state index contributed by atoms with van der Waals surface area (Å²) in [5, 5.41) is 2.92. The number of carbonyl (C=O) groups excluding carboxylic acids is 2. The van der Waals surface area contributed by atoms with Crippen molar-refractivity contribution in [3.05, 3.63) is 132 Å². The number of sulfonamides is 1. The Labute approximate surface area is 257 Å². The maximum Gasteiger partial charge on any atom is 0.264 e. The number of anilines is 1. The van der Waals surface area contributed by atoms with Crippen molar-refractivity contribution in [1.82, 2.24) is 10.2 Å². The summed E-state index contributed by atoms with van der Waals surface area (Å²) in [4.78, 5) is 29.3. The molecule has 44 heavy (non-hydrogen) atoms. The highest BCUT2D eigenvalue weighted by Crippen LogP contribution is 2.26. The Balaban J connectivity index is 1.82. The van der Waals surface area contributed by atoms with Crippen LogP contribution in [-0.4, -0.2) is 43.3 Å². The summed E-state index contributed by atoms with van der Waals surface area (Å²) < 4.78 is 57.5. The Hall–Kier alpha value is -4.57. The number of hydrogen-bond acceptors (Lipinski definition) is 4. The molecule has 0 heterocycles. The molecule has 0 radical (unpaired) electrons. The predicted molar refractivity (Wildman–Crippen MR) is 166 cm³/mol. The van der Waals surface area contributed by atoms with Crippen LogP contribution < -0.4 is 9.62 Å². The first-order valence-corrected chi connectivity index (χ1v) is 15.5. The summed E-state index contributed by atoms with van der Waals surface area (Å²) in [5.74, 6) is -2.39. The fourth-order valence-electron chi connectivity index (χ4n) is 4.67. The number of amides is 2. The maximum atomic E-state index is 15.0. The van der Waals surface area contributed by atoms with Crippen molar-refractivity contribution in [1.29, 1.82) is 0 Å². The van der Waals surface area contributed by atoms with Crippen molar-refractivity contribution < 1.29 is 26.8 Å². The Morgan fingerprint density at radius 1 is 0.795 bits per heavy atom. The molecule has 0 saturated heterocycles. The minimum atomic E-state index is -4.32. The second kappa shape index (κ2) is 13.8. The smallest absolute Gasteiger partial charge is 0.264 e. The number of benzene rings is 4. The molecular formula is C34H35F2N3O4S. The van der Waals surface area contributed by atoms with Gasteiger partial charge < -0.3 is 10.2 Å². The van der Waals surface area contributed by atoms with Gasteiger partial charge in [-0.3, -0.25) is 13.9 Å². The van der Waals surface area contributed by atoms with Gasteiger partial charge in [0, 0.05) is 24.1 Å². The Morgan fingerprint density at radius 3 is 1.95 bits per heavy atom. The largest absolute Gasteiger partial charge is 0.350 e. The number of nitrogens with one attached hydrogen (secondary N) is 1. The van der Waals surface area contributed by atoms with Crippen LogP contribution >= 0.6 is 0 Å². The zero-order chi connectivity index (χ0) is 31.9. The van der Waals surface area contributed by atoms with E-state index in [-0.39, 0.29) is 29.1 Å². The first-order chi connectivity index (χ1) is 20.8. The van der Waals surface area contributed by atoms with E-state index in [1.807, 2.05) is 18.2 Å². The molecule has 0 spiro atoms. The molecule has 1 atom stereocenters. The monoisotopic (exact) mass is 619 g/mol. The van der Waals surface area contributed by atoms with Crippen LogP contribution in [0.4, 0.5) is 14.5 Å². The van der Waals surface area contributed by atoms with Crippen LogP contribution in [0.1, 0.15) is 31.9 Å². The van der Waals surface area contributed by atoms with Crippen molar-refractivity contribution in [2.24, 2.45) is 0 Å². The molecule has 7 nitrogen and oxygen atoms in total. The van der Waals surface area contributed by atoms with E-state index in [1.165, 1.54) is 47.4 Å². The van der Waals surface area contributed by atoms with Gasteiger partial charge in [-0.15, -0.1) is 0 Å². The predicted octanol–water partition coefficient (Wildman–Crippen LogP) is 5.71. The van der Waals surface area contributed by atoms with Gasteiger partial charge in [-0.1, -0.05) is 66.7 Å². The molecule has 230 valence electrons. The van der Waals surface area contributed by atoms with Crippen LogP contribution in [0.3, 0.4) is 0 Å². The number of halogens is 2. The van der Waals surface area contributed by atoms with E-state index in [9.17, 15) is 26.8 Å². The number of carbonyl (C=O) groups is 2. The number of nitrogens with zero attached hydrogens (tertiary/aromatic N) is 2. The molecule has 0 bridgehead atoms. The standard InChI is InChI=1S/C34H35F2N3O4S/c1-34(2,3)37-33(41)31(22-25-12-6-4-7-13-25)38(23-26-14-10-11-17-30(26)36)32(40)24-39(28-20-18-27(35)19-21-28)44(42,43)29-15-8-5-9-16-29/h4-21,31H,22-24H2,1-3H3,(H,37,41)/t31-/m0/s1. The Morgan fingerprint density at radius 2 is 1.36 bits per heavy atom. The molecule has 1 N–H and O–H groups in total. The first-order valence-electron chi connectivity index (χ1n) is 14.1. The average Bonchev–Trinajstić information content (AvgIpc) is 2.99. The van der Waals surface area contributed by atoms with Crippen LogP contribution in [0.25, 0.3) is 0 Å². The second-order valence-corrected chi connectivity index (χ2v) is 13.2. The maximum absolute atomic E-state index is 15.0. The summed E-state index contributed by atoms with van der Waals surface area (Å²) in [6.07, 6.45) is 0.0882. The van der Waals surface area contributed by atoms with E-state index in [0.717, 1.165) is 22.0 Å². The lowest BCUT2D eigenvalue weighted by Crippen LogP contribution is -2.56. The molecule has 0 aromatic heterocycles. The molecular weight excluding hydrogens is 584 g/mol. The zero-order valence-electron chi connectivity index (χ0n) is 24.8. The van der Waals surface area contributed by atoms with Crippen LogP contribution in [0.15, 0.2) is 114 Å². The third-order valence-corrected chi connectivity index (χ3v) is 8.58. The van der Waals surface area contributed by atoms with Gasteiger partial charge in [0.1, 0.15) is 24.2 Å². The van der Waals surface area contributed by atoms with E-state index in [2.05, 4.69) is 5.32 Å². The molecule has 4 aromatic carbocycles. The van der Waals surface area contributed by atoms with Crippen LogP contribution in [-0.2, 0) is 32.6 Å². The number of hydrogen-bond donors (Lipinski definition) is 1. The van der Waals surface area contributed by atoms with Gasteiger partial charge in [-0.05, 0) is 68.8 Å². The van der Waals surface area contributed by atoms with Gasteiger partial charge in [0.25, 0.3) is 10.0 Å². The van der Waals surface area contributed by atoms with Crippen molar-refractivity contribution in [2.45, 2.75) is 50.2 Å². The topological polar surface area (TPSA) is 86.8 Å². The highest BCUT2D eigenvalue weighted by molar-refractivity contribution is 7.92. The molecule has 0 aliphatic carbocycles. The molecule has 4 rings (SSSR count). The van der Waals surface area contributed by atoms with Crippen molar-refractivity contribution in [3.8, 4) is 0 Å².